The van der Waals surface area contributed by atoms with Crippen molar-refractivity contribution in [1.29, 1.82) is 0 Å². The predicted molar refractivity (Wildman–Crippen MR) is 120 cm³/mol. The van der Waals surface area contributed by atoms with Gasteiger partial charge in [-0.15, -0.1) is 35.3 Å². The van der Waals surface area contributed by atoms with Crippen molar-refractivity contribution in [2.75, 3.05) is 31.1 Å². The van der Waals surface area contributed by atoms with Crippen LogP contribution < -0.4 is 10.6 Å². The lowest BCUT2D eigenvalue weighted by molar-refractivity contribution is 0.380. The van der Waals surface area contributed by atoms with Crippen LogP contribution in [0.4, 0.5) is 5.13 Å². The summed E-state index contributed by atoms with van der Waals surface area (Å²) in [5.41, 5.74) is 8.38. The van der Waals surface area contributed by atoms with E-state index in [2.05, 4.69) is 30.9 Å². The van der Waals surface area contributed by atoms with E-state index in [0.717, 1.165) is 42.6 Å². The van der Waals surface area contributed by atoms with Crippen LogP contribution in [0.25, 0.3) is 5.69 Å². The molecule has 1 aliphatic rings. The molecule has 3 heterocycles. The lowest BCUT2D eigenvalue weighted by atomic mass is 10.2. The molecule has 0 radical (unpaired) electrons. The summed E-state index contributed by atoms with van der Waals surface area (Å²) in [5.74, 6) is 0.596. The third kappa shape index (κ3) is 4.59. The Morgan fingerprint density at radius 2 is 1.93 bits per heavy atom. The molecule has 9 heteroatoms. The highest BCUT2D eigenvalue weighted by Crippen LogP contribution is 2.19. The van der Waals surface area contributed by atoms with Crippen molar-refractivity contribution in [2.24, 2.45) is 10.7 Å². The summed E-state index contributed by atoms with van der Waals surface area (Å²) < 4.78 is 1.86. The van der Waals surface area contributed by atoms with Gasteiger partial charge in [0.15, 0.2) is 11.1 Å². The molecule has 142 valence electrons. The van der Waals surface area contributed by atoms with Gasteiger partial charge in [0.05, 0.1) is 12.2 Å². The number of rotatable bonds is 4. The van der Waals surface area contributed by atoms with Crippen LogP contribution in [0.3, 0.4) is 0 Å². The molecule has 27 heavy (non-hydrogen) atoms. The second kappa shape index (κ2) is 9.18. The van der Waals surface area contributed by atoms with Gasteiger partial charge in [-0.05, 0) is 17.7 Å². The van der Waals surface area contributed by atoms with Crippen LogP contribution >= 0.6 is 35.3 Å². The van der Waals surface area contributed by atoms with Crippen LogP contribution in [0.15, 0.2) is 59.3 Å². The normalized spacial score (nSPS) is 14.9. The lowest BCUT2D eigenvalue weighted by Crippen LogP contribution is -2.51. The Bertz CT molecular complexity index is 856. The number of hydrogen-bond acceptors (Lipinski definition) is 5. The molecule has 1 saturated heterocycles. The minimum absolute atomic E-state index is 0. The highest BCUT2D eigenvalue weighted by molar-refractivity contribution is 14.0. The lowest BCUT2D eigenvalue weighted by Gasteiger charge is -2.35. The maximum absolute atomic E-state index is 6.25. The third-order valence-electron chi connectivity index (χ3n) is 4.45. The Hall–Kier alpha value is -2.14. The van der Waals surface area contributed by atoms with Crippen LogP contribution in [-0.4, -0.2) is 51.8 Å². The Morgan fingerprint density at radius 3 is 2.63 bits per heavy atom. The summed E-state index contributed by atoms with van der Waals surface area (Å²) in [6.45, 7) is 4.07. The summed E-state index contributed by atoms with van der Waals surface area (Å²) in [7, 11) is 0. The first-order chi connectivity index (χ1) is 12.8. The SMILES string of the molecule is I.NC(=NCc1ccccc1-n1cccn1)N1CCN(c2nccs2)CC1. The molecular weight excluding hydrogens is 473 g/mol. The monoisotopic (exact) mass is 495 g/mol. The number of thiazole rings is 1. The number of piperazine rings is 1. The standard InChI is InChI=1S/C18H21N7S.HI/c19-17(23-9-11-24(12-10-23)18-20-7-13-26-18)21-14-15-4-1-2-5-16(15)25-8-3-6-22-25;/h1-8,13H,9-12,14H2,(H2,19,21);1H. The summed E-state index contributed by atoms with van der Waals surface area (Å²) in [5, 5.41) is 7.40. The molecule has 0 spiro atoms. The van der Waals surface area contributed by atoms with Gasteiger partial charge in [-0.25, -0.2) is 14.7 Å². The van der Waals surface area contributed by atoms with E-state index < -0.39 is 0 Å². The van der Waals surface area contributed by atoms with Crippen molar-refractivity contribution >= 4 is 46.4 Å². The van der Waals surface area contributed by atoms with E-state index in [9.17, 15) is 0 Å². The van der Waals surface area contributed by atoms with Crippen molar-refractivity contribution in [2.45, 2.75) is 6.54 Å². The molecule has 0 bridgehead atoms. The minimum Gasteiger partial charge on any atom is -0.370 e. The molecule has 4 rings (SSSR count). The first-order valence-electron chi connectivity index (χ1n) is 8.58. The highest BCUT2D eigenvalue weighted by atomic mass is 127. The number of para-hydroxylation sites is 1. The summed E-state index contributed by atoms with van der Waals surface area (Å²) in [4.78, 5) is 13.4. The molecule has 0 saturated carbocycles. The van der Waals surface area contributed by atoms with E-state index in [1.807, 2.05) is 46.7 Å². The first kappa shape index (κ1) is 19.6. The van der Waals surface area contributed by atoms with Crippen LogP contribution in [0, 0.1) is 0 Å². The maximum Gasteiger partial charge on any atom is 0.191 e. The van der Waals surface area contributed by atoms with E-state index >= 15 is 0 Å². The molecular formula is C18H22IN7S. The van der Waals surface area contributed by atoms with Crippen molar-refractivity contribution in [3.8, 4) is 5.69 Å². The average molecular weight is 495 g/mol. The van der Waals surface area contributed by atoms with Crippen molar-refractivity contribution in [1.82, 2.24) is 19.7 Å². The van der Waals surface area contributed by atoms with Gasteiger partial charge in [0, 0.05) is 50.1 Å². The number of nitrogens with two attached hydrogens (primary N) is 1. The molecule has 1 aromatic carbocycles. The quantitative estimate of drug-likeness (QED) is 0.342. The third-order valence-corrected chi connectivity index (χ3v) is 5.28. The van der Waals surface area contributed by atoms with Gasteiger partial charge in [-0.1, -0.05) is 18.2 Å². The maximum atomic E-state index is 6.25. The van der Waals surface area contributed by atoms with E-state index in [1.54, 1.807) is 17.5 Å². The number of anilines is 1. The fraction of sp³-hybridized carbons (Fsp3) is 0.278. The number of aromatic nitrogens is 3. The number of guanidine groups is 1. The zero-order valence-electron chi connectivity index (χ0n) is 14.8. The summed E-state index contributed by atoms with van der Waals surface area (Å²) in [6, 6.07) is 10.0. The van der Waals surface area contributed by atoms with Gasteiger partial charge in [0.25, 0.3) is 0 Å². The van der Waals surface area contributed by atoms with Gasteiger partial charge in [-0.2, -0.15) is 5.10 Å². The topological polar surface area (TPSA) is 75.6 Å². The van der Waals surface area contributed by atoms with Crippen molar-refractivity contribution in [3.63, 3.8) is 0 Å². The average Bonchev–Trinajstić information content (AvgIpc) is 3.40. The largest absolute Gasteiger partial charge is 0.370 e. The number of benzene rings is 1. The van der Waals surface area contributed by atoms with Gasteiger partial charge in [0.2, 0.25) is 0 Å². The van der Waals surface area contributed by atoms with Crippen molar-refractivity contribution in [3.05, 3.63) is 59.9 Å². The number of hydrogen-bond donors (Lipinski definition) is 1. The molecule has 0 amide bonds. The Balaban J connectivity index is 0.00000210. The van der Waals surface area contributed by atoms with Crippen LogP contribution in [-0.2, 0) is 6.54 Å². The van der Waals surface area contributed by atoms with Gasteiger partial charge in [0.1, 0.15) is 0 Å². The second-order valence-electron chi connectivity index (χ2n) is 6.04. The fourth-order valence-electron chi connectivity index (χ4n) is 3.04. The molecule has 7 nitrogen and oxygen atoms in total. The molecule has 2 aromatic heterocycles. The molecule has 1 aliphatic heterocycles. The number of nitrogens with zero attached hydrogens (tertiary/aromatic N) is 6. The van der Waals surface area contributed by atoms with E-state index in [0.29, 0.717) is 12.5 Å². The van der Waals surface area contributed by atoms with Crippen LogP contribution in [0.2, 0.25) is 0 Å². The zero-order chi connectivity index (χ0) is 17.8. The van der Waals surface area contributed by atoms with Crippen LogP contribution in [0.5, 0.6) is 0 Å². The molecule has 0 unspecified atom stereocenters. The fourth-order valence-corrected chi connectivity index (χ4v) is 3.74. The Morgan fingerprint density at radius 1 is 1.11 bits per heavy atom. The Labute approximate surface area is 179 Å². The Kier molecular flexibility index (Phi) is 6.67. The first-order valence-corrected chi connectivity index (χ1v) is 9.46. The second-order valence-corrected chi connectivity index (χ2v) is 6.92. The summed E-state index contributed by atoms with van der Waals surface area (Å²) >= 11 is 1.67. The smallest absolute Gasteiger partial charge is 0.191 e. The van der Waals surface area contributed by atoms with E-state index in [4.69, 9.17) is 5.73 Å². The molecule has 0 atom stereocenters. The van der Waals surface area contributed by atoms with Gasteiger partial charge < -0.3 is 15.5 Å². The molecule has 0 aliphatic carbocycles. The van der Waals surface area contributed by atoms with Crippen LogP contribution in [0.1, 0.15) is 5.56 Å². The zero-order valence-corrected chi connectivity index (χ0v) is 18.0. The van der Waals surface area contributed by atoms with Crippen molar-refractivity contribution < 1.29 is 0 Å². The minimum atomic E-state index is 0. The number of halogens is 1. The summed E-state index contributed by atoms with van der Waals surface area (Å²) in [6.07, 6.45) is 5.55. The van der Waals surface area contributed by atoms with E-state index in [1.165, 1.54) is 0 Å². The highest BCUT2D eigenvalue weighted by Gasteiger charge is 2.19. The van der Waals surface area contributed by atoms with E-state index in [-0.39, 0.29) is 24.0 Å². The van der Waals surface area contributed by atoms with Gasteiger partial charge >= 0.3 is 0 Å². The molecule has 1 fully saturated rings. The predicted octanol–water partition coefficient (Wildman–Crippen LogP) is 2.58. The molecule has 2 N–H and O–H groups in total. The number of aliphatic imine (C=N–C) groups is 1. The molecule has 3 aromatic rings. The van der Waals surface area contributed by atoms with Gasteiger partial charge in [-0.3, -0.25) is 0 Å².